The predicted octanol–water partition coefficient (Wildman–Crippen LogP) is 5.31. The van der Waals surface area contributed by atoms with E-state index in [2.05, 4.69) is 79.6 Å². The summed E-state index contributed by atoms with van der Waals surface area (Å²) in [5, 5.41) is 0. The van der Waals surface area contributed by atoms with E-state index in [0.717, 1.165) is 4.47 Å². The first-order chi connectivity index (χ1) is 7.16. The summed E-state index contributed by atoms with van der Waals surface area (Å²) >= 11 is 16.2. The van der Waals surface area contributed by atoms with Crippen LogP contribution in [0.1, 0.15) is 10.1 Å². The van der Waals surface area contributed by atoms with Crippen molar-refractivity contribution in [1.82, 2.24) is 0 Å². The molecule has 1 aromatic rings. The van der Waals surface area contributed by atoms with Crippen molar-refractivity contribution in [2.75, 3.05) is 0 Å². The van der Waals surface area contributed by atoms with Gasteiger partial charge in [0.2, 0.25) is 0 Å². The van der Waals surface area contributed by atoms with E-state index in [1.807, 2.05) is 0 Å². The van der Waals surface area contributed by atoms with Crippen LogP contribution in [0, 0.1) is 0 Å². The van der Waals surface area contributed by atoms with Crippen LogP contribution in [0.2, 0.25) is 0 Å². The Balaban J connectivity index is 3.42. The molecule has 2 N–H and O–H groups in total. The molecule has 1 rings (SSSR count). The molecule has 0 aliphatic carbocycles. The molecular weight excluding hydrogens is 563 g/mol. The van der Waals surface area contributed by atoms with Gasteiger partial charge < -0.3 is 9.79 Å². The zero-order chi connectivity index (χ0) is 12.7. The molecule has 0 heterocycles. The molecule has 0 aliphatic heterocycles. The molecule has 0 fully saturated rings. The van der Waals surface area contributed by atoms with Crippen LogP contribution in [0.15, 0.2) is 24.0 Å². The van der Waals surface area contributed by atoms with Crippen LogP contribution < -0.4 is 0 Å². The second kappa shape index (κ2) is 5.82. The van der Waals surface area contributed by atoms with Crippen LogP contribution in [0.3, 0.4) is 0 Å². The fourth-order valence-corrected chi connectivity index (χ4v) is 4.63. The Bertz CT molecular complexity index is 472. The van der Waals surface area contributed by atoms with E-state index in [1.54, 1.807) is 6.07 Å². The van der Waals surface area contributed by atoms with Gasteiger partial charge >= 0.3 is 7.60 Å². The summed E-state index contributed by atoms with van der Waals surface area (Å²) in [7, 11) is -4.23. The van der Waals surface area contributed by atoms with Gasteiger partial charge in [0, 0.05) is 17.9 Å². The van der Waals surface area contributed by atoms with Gasteiger partial charge in [0.05, 0.1) is 0 Å². The zero-order valence-electron chi connectivity index (χ0n) is 7.29. The molecule has 0 aliphatic rings. The van der Waals surface area contributed by atoms with Crippen molar-refractivity contribution in [3.63, 3.8) is 0 Å². The highest BCUT2D eigenvalue weighted by molar-refractivity contribution is 9.15. The van der Waals surface area contributed by atoms with E-state index in [0.29, 0.717) is 19.0 Å². The van der Waals surface area contributed by atoms with Gasteiger partial charge in [-0.15, -0.1) is 0 Å². The number of hydrogen-bond donors (Lipinski definition) is 2. The summed E-state index contributed by atoms with van der Waals surface area (Å²) in [5.74, 6) is 0. The highest BCUT2D eigenvalue weighted by Crippen LogP contribution is 2.58. The fourth-order valence-electron chi connectivity index (χ4n) is 0.946. The molecule has 0 aromatic heterocycles. The molecule has 0 spiro atoms. The number of alkyl halides is 1. The van der Waals surface area contributed by atoms with E-state index in [4.69, 9.17) is 9.79 Å². The quantitative estimate of drug-likeness (QED) is 0.221. The molecule has 0 amide bonds. The standard InChI is InChI=1S/C7H4Br5O3P/c8-3-1-2(7(12)16(13,14)15)4(9)6(11)5(3)10/h1,7H,(H2,13,14,15). The second-order valence-electron chi connectivity index (χ2n) is 2.81. The Kier molecular flexibility index (Phi) is 5.76. The van der Waals surface area contributed by atoms with E-state index < -0.39 is 12.2 Å². The molecule has 0 radical (unpaired) electrons. The number of halogens is 5. The molecule has 0 bridgehead atoms. The smallest absolute Gasteiger partial charge is 0.323 e. The second-order valence-corrected chi connectivity index (χ2v) is 9.37. The fraction of sp³-hybridized carbons (Fsp3) is 0.143. The Morgan fingerprint density at radius 3 is 2.00 bits per heavy atom. The minimum atomic E-state index is -4.23. The summed E-state index contributed by atoms with van der Waals surface area (Å²) in [6.07, 6.45) is 0. The first kappa shape index (κ1) is 15.8. The van der Waals surface area contributed by atoms with E-state index >= 15 is 0 Å². The Morgan fingerprint density at radius 1 is 1.06 bits per heavy atom. The Labute approximate surface area is 134 Å². The highest BCUT2D eigenvalue weighted by Gasteiger charge is 2.30. The van der Waals surface area contributed by atoms with Crippen molar-refractivity contribution in [3.05, 3.63) is 29.5 Å². The molecule has 3 nitrogen and oxygen atoms in total. The highest BCUT2D eigenvalue weighted by atomic mass is 79.9. The van der Waals surface area contributed by atoms with Gasteiger partial charge in [0.1, 0.15) is 4.57 Å². The normalized spacial score (nSPS) is 13.9. The molecule has 90 valence electrons. The third-order valence-electron chi connectivity index (χ3n) is 1.68. The van der Waals surface area contributed by atoms with Crippen molar-refractivity contribution in [2.24, 2.45) is 0 Å². The summed E-state index contributed by atoms with van der Waals surface area (Å²) in [6, 6.07) is 1.64. The Morgan fingerprint density at radius 2 is 1.56 bits per heavy atom. The monoisotopic (exact) mass is 562 g/mol. The van der Waals surface area contributed by atoms with Crippen molar-refractivity contribution >= 4 is 87.2 Å². The van der Waals surface area contributed by atoms with Crippen LogP contribution in [0.5, 0.6) is 0 Å². The predicted molar refractivity (Wildman–Crippen MR) is 81.0 cm³/mol. The lowest BCUT2D eigenvalue weighted by Gasteiger charge is -2.16. The first-order valence-electron chi connectivity index (χ1n) is 3.68. The zero-order valence-corrected chi connectivity index (χ0v) is 16.1. The molecule has 9 heteroatoms. The minimum absolute atomic E-state index is 0.468. The van der Waals surface area contributed by atoms with Crippen molar-refractivity contribution in [1.29, 1.82) is 0 Å². The van der Waals surface area contributed by atoms with Crippen LogP contribution in [-0.4, -0.2) is 9.79 Å². The lowest BCUT2D eigenvalue weighted by Crippen LogP contribution is -1.95. The average molecular weight is 567 g/mol. The van der Waals surface area contributed by atoms with E-state index in [9.17, 15) is 4.57 Å². The number of rotatable bonds is 2. The van der Waals surface area contributed by atoms with Crippen LogP contribution in [-0.2, 0) is 4.57 Å². The SMILES string of the molecule is O=P(O)(O)C(Br)c1cc(Br)c(Br)c(Br)c1Br. The van der Waals surface area contributed by atoms with Crippen molar-refractivity contribution in [3.8, 4) is 0 Å². The van der Waals surface area contributed by atoms with Gasteiger partial charge in [0.25, 0.3) is 0 Å². The molecule has 0 saturated heterocycles. The van der Waals surface area contributed by atoms with Crippen LogP contribution >= 0.6 is 87.2 Å². The maximum atomic E-state index is 11.2. The maximum Gasteiger partial charge on any atom is 0.343 e. The third kappa shape index (κ3) is 3.41. The molecule has 1 aromatic carbocycles. The number of hydrogen-bond acceptors (Lipinski definition) is 1. The lowest BCUT2D eigenvalue weighted by atomic mass is 10.2. The Hall–Kier alpha value is 1.77. The molecule has 0 saturated carbocycles. The lowest BCUT2D eigenvalue weighted by molar-refractivity contribution is 0.371. The largest absolute Gasteiger partial charge is 0.343 e. The number of benzene rings is 1. The van der Waals surface area contributed by atoms with Crippen LogP contribution in [0.25, 0.3) is 0 Å². The van der Waals surface area contributed by atoms with Gasteiger partial charge in [-0.1, -0.05) is 15.9 Å². The van der Waals surface area contributed by atoms with Gasteiger partial charge in [-0.05, 0) is 75.3 Å². The van der Waals surface area contributed by atoms with Gasteiger partial charge in [0.15, 0.2) is 0 Å². The summed E-state index contributed by atoms with van der Waals surface area (Å²) in [6.45, 7) is 0. The van der Waals surface area contributed by atoms with Crippen molar-refractivity contribution < 1.29 is 14.4 Å². The average Bonchev–Trinajstić information content (AvgIpc) is 2.18. The first-order valence-corrected chi connectivity index (χ1v) is 9.45. The van der Waals surface area contributed by atoms with Gasteiger partial charge in [-0.2, -0.15) is 0 Å². The molecule has 1 atom stereocenters. The van der Waals surface area contributed by atoms with Crippen molar-refractivity contribution in [2.45, 2.75) is 4.57 Å². The topological polar surface area (TPSA) is 57.5 Å². The molecule has 16 heavy (non-hydrogen) atoms. The van der Waals surface area contributed by atoms with E-state index in [1.165, 1.54) is 0 Å². The van der Waals surface area contributed by atoms with Gasteiger partial charge in [-0.3, -0.25) is 4.57 Å². The maximum absolute atomic E-state index is 11.2. The van der Waals surface area contributed by atoms with E-state index in [-0.39, 0.29) is 0 Å². The van der Waals surface area contributed by atoms with Gasteiger partial charge in [-0.25, -0.2) is 0 Å². The molecular formula is C7H4Br5O3P. The molecule has 1 unspecified atom stereocenters. The summed E-state index contributed by atoms with van der Waals surface area (Å²) in [5.41, 5.74) is 0.468. The summed E-state index contributed by atoms with van der Waals surface area (Å²) in [4.78, 5) is 18.2. The summed E-state index contributed by atoms with van der Waals surface area (Å²) < 4.78 is 12.9. The third-order valence-corrected chi connectivity index (χ3v) is 9.34. The van der Waals surface area contributed by atoms with Crippen LogP contribution in [0.4, 0.5) is 0 Å². The minimum Gasteiger partial charge on any atom is -0.323 e.